The number of hydrogen-bond donors (Lipinski definition) is 2. The summed E-state index contributed by atoms with van der Waals surface area (Å²) in [6.07, 6.45) is 4.94. The molecule has 1 saturated heterocycles. The number of aromatic nitrogens is 1. The maximum Gasteiger partial charge on any atom is 0.124 e. The number of likely N-dealkylation sites (tertiary alicyclic amines) is 1. The Bertz CT molecular complexity index is 1010. The third kappa shape index (κ3) is 6.45. The van der Waals surface area contributed by atoms with Crippen molar-refractivity contribution in [1.29, 1.82) is 0 Å². The molecule has 1 aliphatic heterocycles. The van der Waals surface area contributed by atoms with Gasteiger partial charge in [-0.25, -0.2) is 0 Å². The number of hydrogen-bond acceptors (Lipinski definition) is 5. The lowest BCUT2D eigenvalue weighted by molar-refractivity contribution is -0.0122. The van der Waals surface area contributed by atoms with Crippen LogP contribution in [0.5, 0.6) is 5.75 Å². The van der Waals surface area contributed by atoms with Crippen LogP contribution in [0, 0.1) is 0 Å². The lowest BCUT2D eigenvalue weighted by atomic mass is 9.91. The van der Waals surface area contributed by atoms with Crippen LogP contribution < -0.4 is 10.1 Å². The SMILES string of the molecule is OC1(CNc2ccncc2)CCN(Cc2cc(Br)ccc2OCc2ccc(Cl)cc2)CC1. The zero-order valence-electron chi connectivity index (χ0n) is 17.8. The molecule has 0 spiro atoms. The summed E-state index contributed by atoms with van der Waals surface area (Å²) in [5, 5.41) is 15.0. The molecular formula is C25H27BrClN3O2. The zero-order chi connectivity index (χ0) is 22.4. The highest BCUT2D eigenvalue weighted by atomic mass is 79.9. The quantitative estimate of drug-likeness (QED) is 0.413. The third-order valence-electron chi connectivity index (χ3n) is 5.81. The Morgan fingerprint density at radius 3 is 2.50 bits per heavy atom. The van der Waals surface area contributed by atoms with Crippen molar-refractivity contribution >= 4 is 33.2 Å². The summed E-state index contributed by atoms with van der Waals surface area (Å²) >= 11 is 9.56. The van der Waals surface area contributed by atoms with Crippen molar-refractivity contribution in [3.63, 3.8) is 0 Å². The number of anilines is 1. The number of halogens is 2. The standard InChI is InChI=1S/C25H27BrClN3O2/c26-21-3-6-24(32-17-19-1-4-22(27)5-2-19)20(15-21)16-30-13-9-25(31,10-14-30)18-29-23-7-11-28-12-8-23/h1-8,11-12,15,31H,9-10,13-14,16-18H2,(H,28,29). The summed E-state index contributed by atoms with van der Waals surface area (Å²) in [6.45, 7) is 3.47. The van der Waals surface area contributed by atoms with Gasteiger partial charge in [0.2, 0.25) is 0 Å². The van der Waals surface area contributed by atoms with Crippen molar-refractivity contribution in [1.82, 2.24) is 9.88 Å². The van der Waals surface area contributed by atoms with E-state index in [9.17, 15) is 5.11 Å². The number of nitrogens with one attached hydrogen (secondary N) is 1. The minimum absolute atomic E-state index is 0.492. The third-order valence-corrected chi connectivity index (χ3v) is 6.56. The normalized spacial score (nSPS) is 16.0. The Labute approximate surface area is 202 Å². The molecule has 32 heavy (non-hydrogen) atoms. The van der Waals surface area contributed by atoms with Crippen LogP contribution in [0.2, 0.25) is 5.02 Å². The van der Waals surface area contributed by atoms with Crippen LogP contribution in [0.15, 0.2) is 71.5 Å². The number of aliphatic hydroxyl groups is 1. The monoisotopic (exact) mass is 515 g/mol. The molecule has 168 valence electrons. The van der Waals surface area contributed by atoms with Gasteiger partial charge in [-0.1, -0.05) is 39.7 Å². The van der Waals surface area contributed by atoms with Gasteiger partial charge in [0, 0.05) is 59.3 Å². The summed E-state index contributed by atoms with van der Waals surface area (Å²) in [7, 11) is 0. The fourth-order valence-corrected chi connectivity index (χ4v) is 4.37. The van der Waals surface area contributed by atoms with Crippen molar-refractivity contribution in [2.45, 2.75) is 31.6 Å². The summed E-state index contributed by atoms with van der Waals surface area (Å²) in [5.41, 5.74) is 2.49. The van der Waals surface area contributed by atoms with Crippen molar-refractivity contribution in [3.8, 4) is 5.75 Å². The van der Waals surface area contributed by atoms with Crippen LogP contribution in [0.4, 0.5) is 5.69 Å². The van der Waals surface area contributed by atoms with E-state index in [2.05, 4.69) is 37.2 Å². The first-order valence-corrected chi connectivity index (χ1v) is 11.9. The average Bonchev–Trinajstić information content (AvgIpc) is 2.81. The maximum absolute atomic E-state index is 11.0. The molecule has 2 N–H and O–H groups in total. The molecule has 7 heteroatoms. The van der Waals surface area contributed by atoms with Crippen LogP contribution >= 0.6 is 27.5 Å². The van der Waals surface area contributed by atoms with Gasteiger partial charge in [-0.3, -0.25) is 9.88 Å². The number of rotatable bonds is 8. The molecule has 1 fully saturated rings. The van der Waals surface area contributed by atoms with E-state index < -0.39 is 5.60 Å². The number of piperidine rings is 1. The van der Waals surface area contributed by atoms with E-state index in [4.69, 9.17) is 16.3 Å². The van der Waals surface area contributed by atoms with Crippen molar-refractivity contribution < 1.29 is 9.84 Å². The summed E-state index contributed by atoms with van der Waals surface area (Å²) in [5.74, 6) is 0.878. The molecule has 2 aromatic carbocycles. The molecule has 0 bridgehead atoms. The van der Waals surface area contributed by atoms with Gasteiger partial charge in [0.05, 0.1) is 5.60 Å². The summed E-state index contributed by atoms with van der Waals surface area (Å²) in [4.78, 5) is 6.40. The molecule has 0 saturated carbocycles. The Kier molecular flexibility index (Phi) is 7.68. The minimum Gasteiger partial charge on any atom is -0.489 e. The number of ether oxygens (including phenoxy) is 1. The molecule has 0 radical (unpaired) electrons. The second kappa shape index (κ2) is 10.7. The van der Waals surface area contributed by atoms with Crippen molar-refractivity contribution in [2.24, 2.45) is 0 Å². The van der Waals surface area contributed by atoms with Crippen molar-refractivity contribution in [3.05, 3.63) is 87.6 Å². The molecule has 0 atom stereocenters. The van der Waals surface area contributed by atoms with E-state index >= 15 is 0 Å². The van der Waals surface area contributed by atoms with E-state index in [-0.39, 0.29) is 0 Å². The number of nitrogens with zero attached hydrogens (tertiary/aromatic N) is 2. The number of pyridine rings is 1. The van der Waals surface area contributed by atoms with Gasteiger partial charge < -0.3 is 15.2 Å². The maximum atomic E-state index is 11.0. The Morgan fingerprint density at radius 2 is 1.78 bits per heavy atom. The molecule has 5 nitrogen and oxygen atoms in total. The molecule has 0 aliphatic carbocycles. The molecule has 2 heterocycles. The highest BCUT2D eigenvalue weighted by Gasteiger charge is 2.32. The first-order chi connectivity index (χ1) is 15.5. The van der Waals surface area contributed by atoms with Crippen LogP contribution in [-0.2, 0) is 13.2 Å². The fourth-order valence-electron chi connectivity index (χ4n) is 3.84. The Morgan fingerprint density at radius 1 is 1.06 bits per heavy atom. The highest BCUT2D eigenvalue weighted by Crippen LogP contribution is 2.29. The van der Waals surface area contributed by atoms with Crippen molar-refractivity contribution in [2.75, 3.05) is 25.0 Å². The van der Waals surface area contributed by atoms with Crippen LogP contribution in [0.3, 0.4) is 0 Å². The van der Waals surface area contributed by atoms with Gasteiger partial charge in [0.25, 0.3) is 0 Å². The van der Waals surface area contributed by atoms with Gasteiger partial charge in [-0.2, -0.15) is 0 Å². The van der Waals surface area contributed by atoms with E-state index in [1.54, 1.807) is 12.4 Å². The summed E-state index contributed by atoms with van der Waals surface area (Å²) in [6, 6.07) is 17.7. The topological polar surface area (TPSA) is 57.6 Å². The predicted octanol–water partition coefficient (Wildman–Crippen LogP) is 5.52. The first kappa shape index (κ1) is 23.1. The lowest BCUT2D eigenvalue weighted by Gasteiger charge is -2.38. The molecule has 3 aromatic rings. The van der Waals surface area contributed by atoms with Crippen LogP contribution in [-0.4, -0.2) is 40.2 Å². The van der Waals surface area contributed by atoms with Gasteiger partial charge >= 0.3 is 0 Å². The van der Waals surface area contributed by atoms with Gasteiger partial charge in [-0.05, 0) is 60.9 Å². The smallest absolute Gasteiger partial charge is 0.124 e. The van der Waals surface area contributed by atoms with Gasteiger partial charge in [-0.15, -0.1) is 0 Å². The second-order valence-electron chi connectivity index (χ2n) is 8.26. The minimum atomic E-state index is -0.703. The van der Waals surface area contributed by atoms with E-state index in [0.29, 0.717) is 13.2 Å². The molecule has 4 rings (SSSR count). The molecule has 1 aliphatic rings. The zero-order valence-corrected chi connectivity index (χ0v) is 20.1. The second-order valence-corrected chi connectivity index (χ2v) is 9.61. The molecule has 0 unspecified atom stereocenters. The lowest BCUT2D eigenvalue weighted by Crippen LogP contribution is -2.48. The van der Waals surface area contributed by atoms with Gasteiger partial charge in [0.1, 0.15) is 12.4 Å². The van der Waals surface area contributed by atoms with E-state index in [0.717, 1.165) is 64.5 Å². The predicted molar refractivity (Wildman–Crippen MR) is 132 cm³/mol. The first-order valence-electron chi connectivity index (χ1n) is 10.7. The fraction of sp³-hybridized carbons (Fsp3) is 0.320. The Hall–Kier alpha value is -2.12. The van der Waals surface area contributed by atoms with E-state index in [1.165, 1.54) is 0 Å². The average molecular weight is 517 g/mol. The highest BCUT2D eigenvalue weighted by molar-refractivity contribution is 9.10. The number of benzene rings is 2. The van der Waals surface area contributed by atoms with E-state index in [1.807, 2.05) is 48.5 Å². The largest absolute Gasteiger partial charge is 0.489 e. The van der Waals surface area contributed by atoms with Crippen LogP contribution in [0.25, 0.3) is 0 Å². The van der Waals surface area contributed by atoms with Crippen LogP contribution in [0.1, 0.15) is 24.0 Å². The Balaban J connectivity index is 1.33. The molecular weight excluding hydrogens is 490 g/mol. The van der Waals surface area contributed by atoms with Gasteiger partial charge in [0.15, 0.2) is 0 Å². The molecule has 1 aromatic heterocycles. The summed E-state index contributed by atoms with van der Waals surface area (Å²) < 4.78 is 7.16. The molecule has 0 amide bonds.